The number of anilines is 1. The van der Waals surface area contributed by atoms with E-state index < -0.39 is 0 Å². The predicted molar refractivity (Wildman–Crippen MR) is 130 cm³/mol. The number of aromatic nitrogens is 1. The Bertz CT molecular complexity index is 1190. The molecule has 3 aromatic carbocycles. The summed E-state index contributed by atoms with van der Waals surface area (Å²) in [6.07, 6.45) is 2.90. The highest BCUT2D eigenvalue weighted by Gasteiger charge is 2.17. The molecule has 4 aromatic rings. The van der Waals surface area contributed by atoms with Crippen molar-refractivity contribution in [1.82, 2.24) is 9.47 Å². The first kappa shape index (κ1) is 22.3. The Labute approximate surface area is 194 Å². The fraction of sp³-hybridized carbons (Fsp3) is 0.179. The van der Waals surface area contributed by atoms with Crippen LogP contribution in [0.25, 0.3) is 0 Å². The van der Waals surface area contributed by atoms with Crippen LogP contribution in [0.15, 0.2) is 97.2 Å². The number of hydrogen-bond donors (Lipinski definition) is 1. The summed E-state index contributed by atoms with van der Waals surface area (Å²) < 4.78 is 15.4. The molecule has 33 heavy (non-hydrogen) atoms. The van der Waals surface area contributed by atoms with Gasteiger partial charge >= 0.3 is 6.03 Å². The molecule has 0 bridgehead atoms. The molecule has 0 saturated heterocycles. The molecule has 1 aromatic heterocycles. The minimum atomic E-state index is -0.246. The summed E-state index contributed by atoms with van der Waals surface area (Å²) in [5.74, 6) is -0.246. The molecule has 2 amide bonds. The van der Waals surface area contributed by atoms with E-state index in [0.717, 1.165) is 28.9 Å². The lowest BCUT2D eigenvalue weighted by Gasteiger charge is -2.24. The Kier molecular flexibility index (Phi) is 7.20. The molecule has 1 N–H and O–H groups in total. The zero-order chi connectivity index (χ0) is 23.0. The SMILES string of the molecule is CCc1cccc(NC(=O)N(Cc2ccccc2)Cc2cccn2Cc2ccc(F)cc2)c1. The van der Waals surface area contributed by atoms with E-state index >= 15 is 0 Å². The molecule has 168 valence electrons. The normalized spacial score (nSPS) is 10.7. The van der Waals surface area contributed by atoms with Gasteiger partial charge < -0.3 is 14.8 Å². The Morgan fingerprint density at radius 1 is 0.848 bits per heavy atom. The second-order valence-electron chi connectivity index (χ2n) is 8.08. The summed E-state index contributed by atoms with van der Waals surface area (Å²) in [6, 6.07) is 28.3. The molecule has 0 unspecified atom stereocenters. The number of aryl methyl sites for hydroxylation is 1. The lowest BCUT2D eigenvalue weighted by atomic mass is 10.1. The summed E-state index contributed by atoms with van der Waals surface area (Å²) in [6.45, 7) is 3.64. The number of benzene rings is 3. The minimum absolute atomic E-state index is 0.151. The van der Waals surface area contributed by atoms with Gasteiger partial charge in [0.2, 0.25) is 0 Å². The molecule has 0 spiro atoms. The van der Waals surface area contributed by atoms with E-state index in [1.165, 1.54) is 17.7 Å². The van der Waals surface area contributed by atoms with E-state index in [1.54, 1.807) is 12.1 Å². The van der Waals surface area contributed by atoms with Gasteiger partial charge in [-0.25, -0.2) is 9.18 Å². The number of hydrogen-bond acceptors (Lipinski definition) is 1. The second kappa shape index (κ2) is 10.6. The number of carbonyl (C=O) groups excluding carboxylic acids is 1. The van der Waals surface area contributed by atoms with E-state index in [2.05, 4.69) is 22.9 Å². The molecule has 0 saturated carbocycles. The Balaban J connectivity index is 1.54. The standard InChI is InChI=1S/C28H28FN3O/c1-2-22-10-6-11-26(18-22)30-28(33)32(20-23-8-4-3-5-9-23)21-27-12-7-17-31(27)19-24-13-15-25(29)16-14-24/h3-18H,2,19-21H2,1H3,(H,30,33). The fourth-order valence-electron chi connectivity index (χ4n) is 3.80. The molecule has 1 heterocycles. The van der Waals surface area contributed by atoms with Gasteiger partial charge in [0.15, 0.2) is 0 Å². The molecular formula is C28H28FN3O. The largest absolute Gasteiger partial charge is 0.345 e. The maximum atomic E-state index is 13.3. The summed E-state index contributed by atoms with van der Waals surface area (Å²) in [4.78, 5) is 15.1. The van der Waals surface area contributed by atoms with E-state index in [9.17, 15) is 9.18 Å². The molecule has 0 aliphatic heterocycles. The van der Waals surface area contributed by atoms with E-state index in [0.29, 0.717) is 19.6 Å². The van der Waals surface area contributed by atoms with Gasteiger partial charge in [0.25, 0.3) is 0 Å². The topological polar surface area (TPSA) is 37.3 Å². The van der Waals surface area contributed by atoms with Gasteiger partial charge in [-0.1, -0.05) is 61.5 Å². The van der Waals surface area contributed by atoms with Crippen LogP contribution in [0, 0.1) is 5.82 Å². The minimum Gasteiger partial charge on any atom is -0.345 e. The van der Waals surface area contributed by atoms with Crippen LogP contribution in [-0.2, 0) is 26.1 Å². The predicted octanol–water partition coefficient (Wildman–Crippen LogP) is 6.47. The number of rotatable bonds is 8. The third kappa shape index (κ3) is 6.10. The van der Waals surface area contributed by atoms with E-state index in [1.807, 2.05) is 71.8 Å². The lowest BCUT2D eigenvalue weighted by Crippen LogP contribution is -2.34. The highest BCUT2D eigenvalue weighted by Crippen LogP contribution is 2.17. The van der Waals surface area contributed by atoms with Crippen LogP contribution in [0.4, 0.5) is 14.9 Å². The molecule has 0 aliphatic carbocycles. The molecular weight excluding hydrogens is 413 g/mol. The number of urea groups is 1. The zero-order valence-electron chi connectivity index (χ0n) is 18.7. The number of nitrogens with one attached hydrogen (secondary N) is 1. The maximum Gasteiger partial charge on any atom is 0.322 e. The maximum absolute atomic E-state index is 13.3. The van der Waals surface area contributed by atoms with E-state index in [-0.39, 0.29) is 11.8 Å². The lowest BCUT2D eigenvalue weighted by molar-refractivity contribution is 0.205. The van der Waals surface area contributed by atoms with Gasteiger partial charge in [-0.2, -0.15) is 0 Å². The van der Waals surface area contributed by atoms with Crippen molar-refractivity contribution in [2.45, 2.75) is 33.0 Å². The van der Waals surface area contributed by atoms with Crippen molar-refractivity contribution >= 4 is 11.7 Å². The zero-order valence-corrected chi connectivity index (χ0v) is 18.7. The summed E-state index contributed by atoms with van der Waals surface area (Å²) in [5.41, 5.74) is 5.04. The average molecular weight is 442 g/mol. The van der Waals surface area contributed by atoms with Crippen molar-refractivity contribution in [2.75, 3.05) is 5.32 Å². The Morgan fingerprint density at radius 2 is 1.61 bits per heavy atom. The van der Waals surface area contributed by atoms with E-state index in [4.69, 9.17) is 0 Å². The fourth-order valence-corrected chi connectivity index (χ4v) is 3.80. The molecule has 0 fully saturated rings. The van der Waals surface area contributed by atoms with Crippen LogP contribution in [0.3, 0.4) is 0 Å². The Hall–Kier alpha value is -3.86. The van der Waals surface area contributed by atoms with Gasteiger partial charge in [-0.3, -0.25) is 0 Å². The highest BCUT2D eigenvalue weighted by atomic mass is 19.1. The summed E-state index contributed by atoms with van der Waals surface area (Å²) in [7, 11) is 0. The summed E-state index contributed by atoms with van der Waals surface area (Å²) in [5, 5.41) is 3.06. The van der Waals surface area contributed by atoms with Crippen molar-refractivity contribution < 1.29 is 9.18 Å². The number of halogens is 1. The van der Waals surface area contributed by atoms with Crippen LogP contribution in [0.5, 0.6) is 0 Å². The van der Waals surface area contributed by atoms with Gasteiger partial charge in [0.1, 0.15) is 5.82 Å². The smallest absolute Gasteiger partial charge is 0.322 e. The first-order valence-corrected chi connectivity index (χ1v) is 11.2. The van der Waals surface area contributed by atoms with Gasteiger partial charge in [-0.15, -0.1) is 0 Å². The molecule has 0 atom stereocenters. The van der Waals surface area contributed by atoms with Crippen molar-refractivity contribution in [3.05, 3.63) is 125 Å². The average Bonchev–Trinajstić information content (AvgIpc) is 3.27. The number of nitrogens with zero attached hydrogens (tertiary/aromatic N) is 2. The van der Waals surface area contributed by atoms with Gasteiger partial charge in [0, 0.05) is 30.7 Å². The van der Waals surface area contributed by atoms with Crippen LogP contribution < -0.4 is 5.32 Å². The number of amides is 2. The molecule has 5 heteroatoms. The van der Waals surface area contributed by atoms with Gasteiger partial charge in [-0.05, 0) is 59.5 Å². The Morgan fingerprint density at radius 3 is 2.36 bits per heavy atom. The quantitative estimate of drug-likeness (QED) is 0.334. The second-order valence-corrected chi connectivity index (χ2v) is 8.08. The van der Waals surface area contributed by atoms with Crippen molar-refractivity contribution in [2.24, 2.45) is 0 Å². The molecule has 4 rings (SSSR count). The van der Waals surface area contributed by atoms with Crippen LogP contribution in [0.2, 0.25) is 0 Å². The van der Waals surface area contributed by atoms with Crippen LogP contribution >= 0.6 is 0 Å². The third-order valence-electron chi connectivity index (χ3n) is 5.63. The van der Waals surface area contributed by atoms with Crippen molar-refractivity contribution in [3.8, 4) is 0 Å². The first-order valence-electron chi connectivity index (χ1n) is 11.2. The molecule has 0 aliphatic rings. The van der Waals surface area contributed by atoms with Crippen molar-refractivity contribution in [3.63, 3.8) is 0 Å². The molecule has 0 radical (unpaired) electrons. The summed E-state index contributed by atoms with van der Waals surface area (Å²) >= 11 is 0. The monoisotopic (exact) mass is 441 g/mol. The van der Waals surface area contributed by atoms with Crippen LogP contribution in [0.1, 0.15) is 29.3 Å². The number of carbonyl (C=O) groups is 1. The molecule has 4 nitrogen and oxygen atoms in total. The first-order chi connectivity index (χ1) is 16.1. The highest BCUT2D eigenvalue weighted by molar-refractivity contribution is 5.89. The third-order valence-corrected chi connectivity index (χ3v) is 5.63. The van der Waals surface area contributed by atoms with Crippen molar-refractivity contribution in [1.29, 1.82) is 0 Å². The van der Waals surface area contributed by atoms with Gasteiger partial charge in [0.05, 0.1) is 6.54 Å². The van der Waals surface area contributed by atoms with Crippen LogP contribution in [-0.4, -0.2) is 15.5 Å².